The van der Waals surface area contributed by atoms with Crippen LogP contribution in [0.25, 0.3) is 0 Å². The molecule has 1 saturated heterocycles. The summed E-state index contributed by atoms with van der Waals surface area (Å²) >= 11 is 0. The number of rotatable bonds is 5. The molecular weight excluding hydrogens is 299 g/mol. The molecule has 0 aromatic heterocycles. The van der Waals surface area contributed by atoms with Gasteiger partial charge in [-0.15, -0.1) is 12.4 Å². The van der Waals surface area contributed by atoms with Crippen LogP contribution in [-0.4, -0.2) is 33.2 Å². The number of anilines is 1. The lowest BCUT2D eigenvalue weighted by Gasteiger charge is -2.31. The summed E-state index contributed by atoms with van der Waals surface area (Å²) in [4.78, 5) is 12.1. The molecule has 0 aliphatic carbocycles. The van der Waals surface area contributed by atoms with Gasteiger partial charge in [0.15, 0.2) is 17.3 Å². The van der Waals surface area contributed by atoms with Gasteiger partial charge in [-0.1, -0.05) is 6.92 Å². The Balaban J connectivity index is 0.00000220. The second-order valence-corrected chi connectivity index (χ2v) is 4.88. The summed E-state index contributed by atoms with van der Waals surface area (Å²) < 4.78 is 24.0. The second-order valence-electron chi connectivity index (χ2n) is 4.88. The Morgan fingerprint density at radius 1 is 1.33 bits per heavy atom. The Morgan fingerprint density at radius 3 is 2.38 bits per heavy atom. The zero-order valence-corrected chi connectivity index (χ0v) is 13.1. The van der Waals surface area contributed by atoms with Crippen LogP contribution in [0, 0.1) is 17.7 Å². The van der Waals surface area contributed by atoms with Gasteiger partial charge in [0.1, 0.15) is 0 Å². The number of halogens is 2. The van der Waals surface area contributed by atoms with Crippen LogP contribution in [0.5, 0.6) is 11.5 Å². The van der Waals surface area contributed by atoms with Crippen LogP contribution < -0.4 is 20.1 Å². The molecule has 1 aliphatic rings. The van der Waals surface area contributed by atoms with Crippen molar-refractivity contribution in [2.24, 2.45) is 11.8 Å². The Hall–Kier alpha value is -1.53. The molecule has 2 rings (SSSR count). The molecule has 1 heterocycles. The van der Waals surface area contributed by atoms with Crippen LogP contribution in [-0.2, 0) is 4.79 Å². The van der Waals surface area contributed by atoms with Crippen LogP contribution in [0.1, 0.15) is 6.92 Å². The van der Waals surface area contributed by atoms with Crippen LogP contribution in [0.4, 0.5) is 10.1 Å². The van der Waals surface area contributed by atoms with E-state index in [4.69, 9.17) is 9.47 Å². The fourth-order valence-corrected chi connectivity index (χ4v) is 2.08. The highest BCUT2D eigenvalue weighted by Gasteiger charge is 2.29. The number of carbonyl (C=O) groups is 1. The van der Waals surface area contributed by atoms with E-state index in [0.29, 0.717) is 17.4 Å². The molecule has 1 unspecified atom stereocenters. The Bertz CT molecular complexity index is 509. The summed E-state index contributed by atoms with van der Waals surface area (Å²) in [6.07, 6.45) is 0. The van der Waals surface area contributed by atoms with Crippen LogP contribution in [0.15, 0.2) is 12.1 Å². The minimum Gasteiger partial charge on any atom is -0.493 e. The first-order chi connectivity index (χ1) is 9.56. The van der Waals surface area contributed by atoms with Gasteiger partial charge < -0.3 is 20.1 Å². The average Bonchev–Trinajstić information content (AvgIpc) is 2.38. The Kier molecular flexibility index (Phi) is 6.23. The number of methoxy groups -OCH3 is 2. The lowest BCUT2D eigenvalue weighted by atomic mass is 9.88. The zero-order chi connectivity index (χ0) is 14.7. The van der Waals surface area contributed by atoms with Crippen LogP contribution in [0.2, 0.25) is 0 Å². The summed E-state index contributed by atoms with van der Waals surface area (Å²) in [6, 6.07) is 2.63. The van der Waals surface area contributed by atoms with E-state index in [1.165, 1.54) is 26.4 Å². The Morgan fingerprint density at radius 2 is 1.90 bits per heavy atom. The highest BCUT2D eigenvalue weighted by molar-refractivity contribution is 5.93. The standard InChI is InChI=1S/C14H19FN2O3.ClH/c1-8(9-6-16-7-9)14(18)17-11-5-13(20-3)12(19-2)4-10(11)15;/h4-5,8-9,16H,6-7H2,1-3H3,(H,17,18);1H. The molecule has 0 bridgehead atoms. The quantitative estimate of drug-likeness (QED) is 0.872. The third-order valence-electron chi connectivity index (χ3n) is 3.66. The average molecular weight is 319 g/mol. The number of carbonyl (C=O) groups excluding carboxylic acids is 1. The molecule has 0 saturated carbocycles. The van der Waals surface area contributed by atoms with E-state index in [1.54, 1.807) is 0 Å². The van der Waals surface area contributed by atoms with E-state index >= 15 is 0 Å². The van der Waals surface area contributed by atoms with Crippen molar-refractivity contribution in [3.63, 3.8) is 0 Å². The molecule has 1 aliphatic heterocycles. The molecule has 7 heteroatoms. The first-order valence-corrected chi connectivity index (χ1v) is 6.50. The molecule has 1 atom stereocenters. The van der Waals surface area contributed by atoms with Gasteiger partial charge in [-0.05, 0) is 19.0 Å². The molecule has 1 aromatic carbocycles. The van der Waals surface area contributed by atoms with Gasteiger partial charge in [0.2, 0.25) is 5.91 Å². The summed E-state index contributed by atoms with van der Waals surface area (Å²) in [5, 5.41) is 5.72. The molecule has 1 amide bonds. The third-order valence-corrected chi connectivity index (χ3v) is 3.66. The van der Waals surface area contributed by atoms with Crippen molar-refractivity contribution in [2.45, 2.75) is 6.92 Å². The number of hydrogen-bond donors (Lipinski definition) is 2. The maximum Gasteiger partial charge on any atom is 0.227 e. The van der Waals surface area contributed by atoms with Gasteiger partial charge in [0, 0.05) is 18.1 Å². The van der Waals surface area contributed by atoms with E-state index in [0.717, 1.165) is 13.1 Å². The zero-order valence-electron chi connectivity index (χ0n) is 12.2. The number of nitrogens with one attached hydrogen (secondary N) is 2. The number of amides is 1. The summed E-state index contributed by atoms with van der Waals surface area (Å²) in [5.41, 5.74) is 0.104. The van der Waals surface area contributed by atoms with Crippen molar-refractivity contribution in [1.82, 2.24) is 5.32 Å². The molecule has 1 aromatic rings. The summed E-state index contributed by atoms with van der Waals surface area (Å²) in [7, 11) is 2.89. The first kappa shape index (κ1) is 17.5. The third kappa shape index (κ3) is 3.77. The Labute approximate surface area is 129 Å². The molecule has 1 fully saturated rings. The summed E-state index contributed by atoms with van der Waals surface area (Å²) in [6.45, 7) is 3.49. The van der Waals surface area contributed by atoms with Crippen molar-refractivity contribution in [3.05, 3.63) is 17.9 Å². The van der Waals surface area contributed by atoms with E-state index in [2.05, 4.69) is 10.6 Å². The summed E-state index contributed by atoms with van der Waals surface area (Å²) in [5.74, 6) is 0.0703. The highest BCUT2D eigenvalue weighted by Crippen LogP contribution is 2.32. The molecule has 0 radical (unpaired) electrons. The molecule has 5 nitrogen and oxygen atoms in total. The van der Waals surface area contributed by atoms with Gasteiger partial charge in [-0.2, -0.15) is 0 Å². The first-order valence-electron chi connectivity index (χ1n) is 6.50. The van der Waals surface area contributed by atoms with Gasteiger partial charge in [0.25, 0.3) is 0 Å². The fourth-order valence-electron chi connectivity index (χ4n) is 2.08. The smallest absolute Gasteiger partial charge is 0.227 e. The lowest BCUT2D eigenvalue weighted by Crippen LogP contribution is -2.48. The number of benzene rings is 1. The van der Waals surface area contributed by atoms with Crippen molar-refractivity contribution in [2.75, 3.05) is 32.6 Å². The fraction of sp³-hybridized carbons (Fsp3) is 0.500. The molecule has 0 spiro atoms. The minimum atomic E-state index is -0.546. The molecule has 118 valence electrons. The predicted octanol–water partition coefficient (Wildman–Crippen LogP) is 2.06. The molecular formula is C14H20ClFN2O3. The predicted molar refractivity (Wildman–Crippen MR) is 80.9 cm³/mol. The maximum absolute atomic E-state index is 13.9. The van der Waals surface area contributed by atoms with E-state index in [-0.39, 0.29) is 29.9 Å². The van der Waals surface area contributed by atoms with Gasteiger partial charge in [-0.25, -0.2) is 4.39 Å². The number of ether oxygens (including phenoxy) is 2. The maximum atomic E-state index is 13.9. The van der Waals surface area contributed by atoms with Crippen LogP contribution in [0.3, 0.4) is 0 Å². The minimum absolute atomic E-state index is 0. The highest BCUT2D eigenvalue weighted by atomic mass is 35.5. The normalized spacial score (nSPS) is 15.4. The monoisotopic (exact) mass is 318 g/mol. The van der Waals surface area contributed by atoms with Crippen molar-refractivity contribution >= 4 is 24.0 Å². The van der Waals surface area contributed by atoms with Gasteiger partial charge in [-0.3, -0.25) is 4.79 Å². The van der Waals surface area contributed by atoms with Gasteiger partial charge in [0.05, 0.1) is 19.9 Å². The topological polar surface area (TPSA) is 59.6 Å². The lowest BCUT2D eigenvalue weighted by molar-refractivity contribution is -0.121. The van der Waals surface area contributed by atoms with E-state index < -0.39 is 5.82 Å². The van der Waals surface area contributed by atoms with Crippen molar-refractivity contribution < 1.29 is 18.7 Å². The van der Waals surface area contributed by atoms with Crippen molar-refractivity contribution in [1.29, 1.82) is 0 Å². The second kappa shape index (κ2) is 7.47. The molecule has 21 heavy (non-hydrogen) atoms. The largest absolute Gasteiger partial charge is 0.493 e. The van der Waals surface area contributed by atoms with Crippen LogP contribution >= 0.6 is 12.4 Å². The number of hydrogen-bond acceptors (Lipinski definition) is 4. The van der Waals surface area contributed by atoms with E-state index in [9.17, 15) is 9.18 Å². The van der Waals surface area contributed by atoms with Crippen molar-refractivity contribution in [3.8, 4) is 11.5 Å². The van der Waals surface area contributed by atoms with E-state index in [1.807, 2.05) is 6.92 Å². The van der Waals surface area contributed by atoms with Gasteiger partial charge >= 0.3 is 0 Å². The SMILES string of the molecule is COc1cc(F)c(NC(=O)C(C)C2CNC2)cc1OC.Cl. The molecule has 2 N–H and O–H groups in total.